The summed E-state index contributed by atoms with van der Waals surface area (Å²) in [5.74, 6) is 0.418. The van der Waals surface area contributed by atoms with Crippen LogP contribution < -0.4 is 10.1 Å². The molecular formula is C20H26N2O4S. The molecule has 1 N–H and O–H groups in total. The van der Waals surface area contributed by atoms with Crippen molar-refractivity contribution >= 4 is 21.6 Å². The molecule has 0 radical (unpaired) electrons. The number of carbonyl (C=O) groups is 1. The number of anilines is 1. The largest absolute Gasteiger partial charge is 0.497 e. The van der Waals surface area contributed by atoms with Crippen LogP contribution in [0.3, 0.4) is 0 Å². The summed E-state index contributed by atoms with van der Waals surface area (Å²) in [6, 6.07) is 11.9. The number of sulfonamides is 1. The topological polar surface area (TPSA) is 75.7 Å². The zero-order valence-electron chi connectivity index (χ0n) is 16.3. The van der Waals surface area contributed by atoms with Crippen molar-refractivity contribution in [3.05, 3.63) is 53.6 Å². The summed E-state index contributed by atoms with van der Waals surface area (Å²) in [5, 5.41) is 2.87. The highest BCUT2D eigenvalue weighted by atomic mass is 32.2. The lowest BCUT2D eigenvalue weighted by atomic mass is 9.98. The number of carbonyl (C=O) groups excluding carboxylic acids is 1. The summed E-state index contributed by atoms with van der Waals surface area (Å²) in [7, 11) is -0.871. The Morgan fingerprint density at radius 1 is 1.15 bits per heavy atom. The fourth-order valence-corrected chi connectivity index (χ4v) is 3.86. The van der Waals surface area contributed by atoms with Crippen LogP contribution >= 0.6 is 0 Å². The molecule has 0 heterocycles. The van der Waals surface area contributed by atoms with Gasteiger partial charge < -0.3 is 10.1 Å². The Labute approximate surface area is 161 Å². The van der Waals surface area contributed by atoms with Gasteiger partial charge >= 0.3 is 0 Å². The number of hydrogen-bond acceptors (Lipinski definition) is 4. The molecule has 0 aliphatic heterocycles. The van der Waals surface area contributed by atoms with Crippen LogP contribution in [0, 0.1) is 6.92 Å². The molecule has 0 saturated carbocycles. The van der Waals surface area contributed by atoms with Crippen LogP contribution in [0.4, 0.5) is 5.69 Å². The number of rotatable bonds is 7. The van der Waals surface area contributed by atoms with Gasteiger partial charge in [0.15, 0.2) is 0 Å². The molecule has 146 valence electrons. The number of likely N-dealkylation sites (N-methyl/N-ethyl adjacent to an activating group) is 1. The minimum Gasteiger partial charge on any atom is -0.497 e. The molecule has 0 aliphatic rings. The quantitative estimate of drug-likeness (QED) is 0.786. The van der Waals surface area contributed by atoms with Crippen LogP contribution in [0.1, 0.15) is 30.9 Å². The summed E-state index contributed by atoms with van der Waals surface area (Å²) >= 11 is 0. The Morgan fingerprint density at radius 2 is 1.78 bits per heavy atom. The second-order valence-electron chi connectivity index (χ2n) is 6.68. The maximum atomic E-state index is 12.7. The fraction of sp³-hybridized carbons (Fsp3) is 0.350. The van der Waals surface area contributed by atoms with E-state index < -0.39 is 10.0 Å². The molecule has 27 heavy (non-hydrogen) atoms. The van der Waals surface area contributed by atoms with E-state index in [-0.39, 0.29) is 23.3 Å². The summed E-state index contributed by atoms with van der Waals surface area (Å²) < 4.78 is 31.4. The Bertz CT molecular complexity index is 906. The number of methoxy groups -OCH3 is 1. The summed E-state index contributed by atoms with van der Waals surface area (Å²) in [6.45, 7) is 5.73. The first kappa shape index (κ1) is 20.9. The third kappa shape index (κ3) is 4.87. The highest BCUT2D eigenvalue weighted by Crippen LogP contribution is 2.27. The number of benzene rings is 2. The summed E-state index contributed by atoms with van der Waals surface area (Å²) in [6.07, 6.45) is 0. The van der Waals surface area contributed by atoms with Gasteiger partial charge in [-0.25, -0.2) is 8.42 Å². The standard InChI is InChI=1S/C20H26N2O4S/c1-14(2)18-8-6-7-15(3)20(18)21-19(23)13-22(4)27(24,25)17-11-9-16(26-5)10-12-17/h6-12,14H,13H2,1-5H3,(H,21,23). The van der Waals surface area contributed by atoms with E-state index in [1.807, 2.05) is 39.0 Å². The zero-order valence-corrected chi connectivity index (χ0v) is 17.1. The number of ether oxygens (including phenoxy) is 1. The van der Waals surface area contributed by atoms with E-state index in [0.29, 0.717) is 5.75 Å². The first-order chi connectivity index (χ1) is 12.7. The molecule has 2 aromatic carbocycles. The van der Waals surface area contributed by atoms with Gasteiger partial charge in [0.1, 0.15) is 5.75 Å². The second-order valence-corrected chi connectivity index (χ2v) is 8.72. The van der Waals surface area contributed by atoms with Crippen molar-refractivity contribution in [1.82, 2.24) is 4.31 Å². The molecule has 0 saturated heterocycles. The highest BCUT2D eigenvalue weighted by Gasteiger charge is 2.23. The van der Waals surface area contributed by atoms with Crippen LogP contribution in [0.15, 0.2) is 47.4 Å². The van der Waals surface area contributed by atoms with Crippen molar-refractivity contribution in [2.75, 3.05) is 26.0 Å². The van der Waals surface area contributed by atoms with Gasteiger partial charge in [0.2, 0.25) is 15.9 Å². The van der Waals surface area contributed by atoms with Gasteiger partial charge in [0.25, 0.3) is 0 Å². The SMILES string of the molecule is COc1ccc(S(=O)(=O)N(C)CC(=O)Nc2c(C)cccc2C(C)C)cc1. The van der Waals surface area contributed by atoms with Crippen LogP contribution in [0.5, 0.6) is 5.75 Å². The lowest BCUT2D eigenvalue weighted by Gasteiger charge is -2.20. The van der Waals surface area contributed by atoms with Crippen molar-refractivity contribution in [2.45, 2.75) is 31.6 Å². The molecule has 2 aromatic rings. The third-order valence-electron chi connectivity index (χ3n) is 4.33. The molecule has 0 aliphatic carbocycles. The van der Waals surface area contributed by atoms with Crippen LogP contribution in [0.2, 0.25) is 0 Å². The second kappa shape index (κ2) is 8.54. The van der Waals surface area contributed by atoms with E-state index in [1.165, 1.54) is 26.3 Å². The van der Waals surface area contributed by atoms with Gasteiger partial charge in [0.05, 0.1) is 18.6 Å². The Hall–Kier alpha value is -2.38. The molecule has 2 rings (SSSR count). The van der Waals surface area contributed by atoms with Crippen LogP contribution in [0.25, 0.3) is 0 Å². The molecule has 0 atom stereocenters. The normalized spacial score (nSPS) is 11.7. The molecule has 0 unspecified atom stereocenters. The fourth-order valence-electron chi connectivity index (χ4n) is 2.74. The van der Waals surface area contributed by atoms with Crippen molar-refractivity contribution in [3.63, 3.8) is 0 Å². The van der Waals surface area contributed by atoms with E-state index >= 15 is 0 Å². The van der Waals surface area contributed by atoms with Gasteiger partial charge in [-0.1, -0.05) is 32.0 Å². The number of amides is 1. The Morgan fingerprint density at radius 3 is 2.33 bits per heavy atom. The van der Waals surface area contributed by atoms with Crippen molar-refractivity contribution < 1.29 is 17.9 Å². The number of nitrogens with zero attached hydrogens (tertiary/aromatic N) is 1. The lowest BCUT2D eigenvalue weighted by Crippen LogP contribution is -2.35. The predicted octanol–water partition coefficient (Wildman–Crippen LogP) is 3.39. The van der Waals surface area contributed by atoms with E-state index in [0.717, 1.165) is 21.1 Å². The third-order valence-corrected chi connectivity index (χ3v) is 6.14. The first-order valence-electron chi connectivity index (χ1n) is 8.66. The summed E-state index contributed by atoms with van der Waals surface area (Å²) in [5.41, 5.74) is 2.70. The Balaban J connectivity index is 2.15. The van der Waals surface area contributed by atoms with Gasteiger partial charge in [0, 0.05) is 12.7 Å². The van der Waals surface area contributed by atoms with Gasteiger partial charge in [-0.2, -0.15) is 4.31 Å². The van der Waals surface area contributed by atoms with Crippen LogP contribution in [-0.4, -0.2) is 39.3 Å². The summed E-state index contributed by atoms with van der Waals surface area (Å²) in [4.78, 5) is 12.6. The van der Waals surface area contributed by atoms with E-state index in [2.05, 4.69) is 5.32 Å². The van der Waals surface area contributed by atoms with E-state index in [9.17, 15) is 13.2 Å². The molecule has 0 fully saturated rings. The minimum absolute atomic E-state index is 0.109. The predicted molar refractivity (Wildman–Crippen MR) is 107 cm³/mol. The van der Waals surface area contributed by atoms with Gasteiger partial charge in [-0.05, 0) is 48.2 Å². The molecule has 0 bridgehead atoms. The minimum atomic E-state index is -3.77. The zero-order chi connectivity index (χ0) is 20.2. The lowest BCUT2D eigenvalue weighted by molar-refractivity contribution is -0.116. The number of para-hydroxylation sites is 1. The Kier molecular flexibility index (Phi) is 6.62. The van der Waals surface area contributed by atoms with Gasteiger partial charge in [-0.15, -0.1) is 0 Å². The monoisotopic (exact) mass is 390 g/mol. The van der Waals surface area contributed by atoms with Crippen molar-refractivity contribution in [1.29, 1.82) is 0 Å². The number of hydrogen-bond donors (Lipinski definition) is 1. The van der Waals surface area contributed by atoms with Gasteiger partial charge in [-0.3, -0.25) is 4.79 Å². The molecule has 0 spiro atoms. The molecule has 0 aromatic heterocycles. The van der Waals surface area contributed by atoms with Crippen molar-refractivity contribution in [3.8, 4) is 5.75 Å². The maximum absolute atomic E-state index is 12.7. The molecule has 7 heteroatoms. The first-order valence-corrected chi connectivity index (χ1v) is 10.1. The molecule has 6 nitrogen and oxygen atoms in total. The number of aryl methyl sites for hydroxylation is 1. The molecular weight excluding hydrogens is 364 g/mol. The number of nitrogens with one attached hydrogen (secondary N) is 1. The van der Waals surface area contributed by atoms with E-state index in [1.54, 1.807) is 12.1 Å². The van der Waals surface area contributed by atoms with Crippen molar-refractivity contribution in [2.24, 2.45) is 0 Å². The molecule has 1 amide bonds. The smallest absolute Gasteiger partial charge is 0.243 e. The average Bonchev–Trinajstić information content (AvgIpc) is 2.63. The highest BCUT2D eigenvalue weighted by molar-refractivity contribution is 7.89. The average molecular weight is 391 g/mol. The van der Waals surface area contributed by atoms with E-state index in [4.69, 9.17) is 4.74 Å². The van der Waals surface area contributed by atoms with Crippen LogP contribution in [-0.2, 0) is 14.8 Å². The maximum Gasteiger partial charge on any atom is 0.243 e.